The van der Waals surface area contributed by atoms with Gasteiger partial charge in [0.15, 0.2) is 0 Å². The second-order valence-corrected chi connectivity index (χ2v) is 21.3. The van der Waals surface area contributed by atoms with Crippen LogP contribution in [0.1, 0.15) is 13.3 Å². The first-order chi connectivity index (χ1) is 3.56. The summed E-state index contributed by atoms with van der Waals surface area (Å²) in [4.78, 5) is 0. The summed E-state index contributed by atoms with van der Waals surface area (Å²) in [6.07, 6.45) is 2.86. The van der Waals surface area contributed by atoms with E-state index in [0.29, 0.717) is 0 Å². The third-order valence-electron chi connectivity index (χ3n) is 0.543. The normalized spacial score (nSPS) is 13.0. The molecule has 48 valence electrons. The van der Waals surface area contributed by atoms with Crippen molar-refractivity contribution < 1.29 is 0 Å². The number of hydrogen-bond acceptors (Lipinski definition) is 0. The minimum atomic E-state index is -3.07. The van der Waals surface area contributed by atoms with Crippen molar-refractivity contribution in [1.82, 2.24) is 0 Å². The number of allylic oxidation sites excluding steroid dienone is 1. The van der Waals surface area contributed by atoms with Gasteiger partial charge >= 0.3 is 65.3 Å². The minimum absolute atomic E-state index is 0.949. The van der Waals surface area contributed by atoms with E-state index in [2.05, 4.69) is 0 Å². The van der Waals surface area contributed by atoms with E-state index >= 15 is 0 Å². The molecule has 4 heteroatoms. The Hall–Kier alpha value is 1.41. The molecule has 0 saturated carbocycles. The van der Waals surface area contributed by atoms with Gasteiger partial charge in [0.05, 0.1) is 0 Å². The maximum atomic E-state index is 5.57. The zero-order valence-electron chi connectivity index (χ0n) is 4.50. The van der Waals surface area contributed by atoms with Crippen molar-refractivity contribution in [2.24, 2.45) is 0 Å². The van der Waals surface area contributed by atoms with Crippen LogP contribution in [0.3, 0.4) is 0 Å². The van der Waals surface area contributed by atoms with Crippen LogP contribution in [0.15, 0.2) is 10.2 Å². The third kappa shape index (κ3) is 7.41. The monoisotopic (exact) mass is 280 g/mol. The first kappa shape index (κ1) is 9.41. The van der Waals surface area contributed by atoms with E-state index in [9.17, 15) is 0 Å². The molecule has 0 unspecified atom stereocenters. The van der Waals surface area contributed by atoms with Crippen LogP contribution in [-0.4, -0.2) is 15.0 Å². The van der Waals surface area contributed by atoms with Crippen LogP contribution in [0.2, 0.25) is 0 Å². The second-order valence-electron chi connectivity index (χ2n) is 1.35. The summed E-state index contributed by atoms with van der Waals surface area (Å²) in [7, 11) is 16.7. The molecule has 0 aliphatic rings. The summed E-state index contributed by atoms with van der Waals surface area (Å²) in [5, 5.41) is 0. The van der Waals surface area contributed by atoms with Gasteiger partial charge in [0, 0.05) is 0 Å². The van der Waals surface area contributed by atoms with Crippen LogP contribution in [0.25, 0.3) is 0 Å². The summed E-state index contributed by atoms with van der Waals surface area (Å²) in [5.74, 6) is 0. The average Bonchev–Trinajstić information content (AvgIpc) is 1.59. The van der Waals surface area contributed by atoms with Crippen molar-refractivity contribution >= 4 is 41.8 Å². The summed E-state index contributed by atoms with van der Waals surface area (Å²) >= 11 is -3.07. The van der Waals surface area contributed by atoms with Gasteiger partial charge in [-0.05, 0) is 0 Å². The van der Waals surface area contributed by atoms with Crippen molar-refractivity contribution in [2.75, 3.05) is 0 Å². The molecule has 0 amide bonds. The first-order valence-electron chi connectivity index (χ1n) is 2.30. The molecule has 0 N–H and O–H groups in total. The molecule has 0 rings (SSSR count). The van der Waals surface area contributed by atoms with Gasteiger partial charge in [-0.2, -0.15) is 0 Å². The summed E-state index contributed by atoms with van der Waals surface area (Å²) in [6, 6.07) is 0. The van der Waals surface area contributed by atoms with Gasteiger partial charge in [0.25, 0.3) is 0 Å². The SMILES string of the molecule is CCC=[CH][Sn]([Cl])([Cl])[Cl]. The molecular weight excluding hydrogens is 273 g/mol. The van der Waals surface area contributed by atoms with E-state index in [1.807, 2.05) is 13.0 Å². The molecule has 0 atom stereocenters. The van der Waals surface area contributed by atoms with Crippen molar-refractivity contribution in [3.05, 3.63) is 10.2 Å². The Bertz CT molecular complexity index is 83.8. The molecule has 0 bridgehead atoms. The summed E-state index contributed by atoms with van der Waals surface area (Å²) in [5.41, 5.74) is 0. The molecule has 0 saturated heterocycles. The van der Waals surface area contributed by atoms with Gasteiger partial charge in [0.1, 0.15) is 0 Å². The van der Waals surface area contributed by atoms with E-state index in [0.717, 1.165) is 6.42 Å². The van der Waals surface area contributed by atoms with Crippen molar-refractivity contribution in [3.63, 3.8) is 0 Å². The van der Waals surface area contributed by atoms with Crippen LogP contribution in [0.4, 0.5) is 0 Å². The molecule has 0 aromatic heterocycles. The van der Waals surface area contributed by atoms with Gasteiger partial charge in [0.2, 0.25) is 0 Å². The average molecular weight is 280 g/mol. The Morgan fingerprint density at radius 3 is 2.00 bits per heavy atom. The fourth-order valence-electron chi connectivity index (χ4n) is 0.251. The Balaban J connectivity index is 3.52. The zero-order valence-corrected chi connectivity index (χ0v) is 9.62. The van der Waals surface area contributed by atoms with Gasteiger partial charge < -0.3 is 0 Å². The third-order valence-corrected chi connectivity index (χ3v) is 4.83. The number of rotatable bonds is 2. The predicted octanol–water partition coefficient (Wildman–Crippen LogP) is 3.15. The maximum absolute atomic E-state index is 5.57. The number of halogens is 3. The summed E-state index contributed by atoms with van der Waals surface area (Å²) in [6.45, 7) is 2.01. The standard InChI is InChI=1S/C4H7.3ClH.Sn/c1-3-4-2;;;;/h1,3H,4H2,2H3;3*1H;/q;;;;+3/p-3. The molecule has 0 nitrogen and oxygen atoms in total. The van der Waals surface area contributed by atoms with Crippen LogP contribution < -0.4 is 0 Å². The Morgan fingerprint density at radius 1 is 1.38 bits per heavy atom. The van der Waals surface area contributed by atoms with E-state index in [-0.39, 0.29) is 0 Å². The molecule has 0 heterocycles. The van der Waals surface area contributed by atoms with E-state index < -0.39 is 15.0 Å². The van der Waals surface area contributed by atoms with Crippen molar-refractivity contribution in [3.8, 4) is 0 Å². The van der Waals surface area contributed by atoms with Gasteiger partial charge in [-0.1, -0.05) is 0 Å². The number of hydrogen-bond donors (Lipinski definition) is 0. The van der Waals surface area contributed by atoms with Crippen LogP contribution in [0.5, 0.6) is 0 Å². The van der Waals surface area contributed by atoms with Gasteiger partial charge in [-0.3, -0.25) is 0 Å². The predicted molar refractivity (Wildman–Crippen MR) is 42.7 cm³/mol. The van der Waals surface area contributed by atoms with E-state index in [4.69, 9.17) is 26.8 Å². The zero-order chi connectivity index (χ0) is 6.62. The molecule has 0 spiro atoms. The Labute approximate surface area is 64.8 Å². The van der Waals surface area contributed by atoms with Crippen LogP contribution in [-0.2, 0) is 0 Å². The van der Waals surface area contributed by atoms with E-state index in [1.54, 1.807) is 4.09 Å². The Morgan fingerprint density at radius 2 is 1.88 bits per heavy atom. The van der Waals surface area contributed by atoms with Crippen molar-refractivity contribution in [2.45, 2.75) is 13.3 Å². The molecule has 0 fully saturated rings. The first-order valence-corrected chi connectivity index (χ1v) is 14.8. The molecule has 0 aliphatic carbocycles. The van der Waals surface area contributed by atoms with Crippen LogP contribution in [0, 0.1) is 0 Å². The molecule has 0 aromatic carbocycles. The molecule has 8 heavy (non-hydrogen) atoms. The summed E-state index contributed by atoms with van der Waals surface area (Å²) < 4.78 is 1.75. The second kappa shape index (κ2) is 4.26. The fraction of sp³-hybridized carbons (Fsp3) is 0.500. The van der Waals surface area contributed by atoms with Crippen molar-refractivity contribution in [1.29, 1.82) is 0 Å². The topological polar surface area (TPSA) is 0 Å². The van der Waals surface area contributed by atoms with Crippen LogP contribution >= 0.6 is 26.8 Å². The molecule has 0 radical (unpaired) electrons. The van der Waals surface area contributed by atoms with Gasteiger partial charge in [-0.25, -0.2) is 0 Å². The Kier molecular flexibility index (Phi) is 5.01. The molecule has 0 aliphatic heterocycles. The molecule has 0 aromatic rings. The fourth-order valence-corrected chi connectivity index (χ4v) is 3.48. The van der Waals surface area contributed by atoms with Gasteiger partial charge in [-0.15, -0.1) is 0 Å². The molecular formula is C4H7Cl3Sn. The van der Waals surface area contributed by atoms with E-state index in [1.165, 1.54) is 0 Å². The quantitative estimate of drug-likeness (QED) is 0.682.